The highest BCUT2D eigenvalue weighted by atomic mass is 16.5. The maximum Gasteiger partial charge on any atom is 0.377 e. The lowest BCUT2D eigenvalue weighted by Crippen LogP contribution is -2.52. The molecule has 0 bridgehead atoms. The van der Waals surface area contributed by atoms with E-state index in [-0.39, 0.29) is 12.3 Å². The van der Waals surface area contributed by atoms with Gasteiger partial charge in [-0.05, 0) is 30.5 Å². The van der Waals surface area contributed by atoms with Crippen LogP contribution in [0.3, 0.4) is 0 Å². The molecule has 0 saturated heterocycles. The Morgan fingerprint density at radius 3 is 2.00 bits per heavy atom. The van der Waals surface area contributed by atoms with Crippen LogP contribution in [0, 0.1) is 0 Å². The first-order valence-corrected chi connectivity index (χ1v) is 13.7. The second-order valence-corrected chi connectivity index (χ2v) is 10.2. The molecular formula is C33H33N3O6. The standard InChI is InChI=1S/C33H33N3O6/c1-22(2)42-33(41)31(39)27(19-24-13-7-4-8-14-24)34-29(38)21-36-28(25-15-9-5-10-16-25)20-35(23(3)37)30(32(36)40)26-17-11-6-12-18-26/h4-18,20,22,27,30H,19,21H2,1-3H3,(H,34,38)/t27-,30?/m0/s1. The summed E-state index contributed by atoms with van der Waals surface area (Å²) in [6, 6.07) is 24.5. The van der Waals surface area contributed by atoms with Crippen molar-refractivity contribution in [1.82, 2.24) is 15.1 Å². The molecule has 0 spiro atoms. The minimum absolute atomic E-state index is 0.0543. The van der Waals surface area contributed by atoms with Crippen molar-refractivity contribution >= 4 is 35.2 Å². The number of esters is 1. The third-order valence-corrected chi connectivity index (χ3v) is 6.66. The van der Waals surface area contributed by atoms with Gasteiger partial charge in [0.1, 0.15) is 18.6 Å². The van der Waals surface area contributed by atoms with Gasteiger partial charge in [-0.3, -0.25) is 24.1 Å². The molecule has 0 aromatic heterocycles. The van der Waals surface area contributed by atoms with Crippen molar-refractivity contribution in [2.45, 2.75) is 45.4 Å². The quantitative estimate of drug-likeness (QED) is 0.296. The van der Waals surface area contributed by atoms with E-state index >= 15 is 0 Å². The fourth-order valence-electron chi connectivity index (χ4n) is 4.73. The molecule has 3 amide bonds. The number of carbonyl (C=O) groups is 5. The number of rotatable bonds is 10. The van der Waals surface area contributed by atoms with E-state index in [1.54, 1.807) is 98.9 Å². The zero-order valence-corrected chi connectivity index (χ0v) is 23.7. The molecule has 0 saturated carbocycles. The van der Waals surface area contributed by atoms with Gasteiger partial charge in [-0.1, -0.05) is 91.0 Å². The zero-order chi connectivity index (χ0) is 30.2. The lowest BCUT2D eigenvalue weighted by atomic mass is 9.99. The summed E-state index contributed by atoms with van der Waals surface area (Å²) in [6.45, 7) is 4.18. The van der Waals surface area contributed by atoms with E-state index in [9.17, 15) is 24.0 Å². The Morgan fingerprint density at radius 2 is 1.43 bits per heavy atom. The van der Waals surface area contributed by atoms with Gasteiger partial charge in [0.15, 0.2) is 0 Å². The maximum atomic E-state index is 14.1. The van der Waals surface area contributed by atoms with Crippen molar-refractivity contribution in [1.29, 1.82) is 0 Å². The van der Waals surface area contributed by atoms with Gasteiger partial charge in [0.05, 0.1) is 11.8 Å². The highest BCUT2D eigenvalue weighted by Gasteiger charge is 2.40. The van der Waals surface area contributed by atoms with Gasteiger partial charge in [-0.25, -0.2) is 4.79 Å². The van der Waals surface area contributed by atoms with Crippen molar-refractivity contribution in [2.75, 3.05) is 6.54 Å². The van der Waals surface area contributed by atoms with E-state index in [0.29, 0.717) is 16.8 Å². The normalized spacial score (nSPS) is 15.6. The number of carbonyl (C=O) groups excluding carboxylic acids is 5. The molecule has 2 atom stereocenters. The summed E-state index contributed by atoms with van der Waals surface area (Å²) in [7, 11) is 0. The lowest BCUT2D eigenvalue weighted by Gasteiger charge is -2.39. The average molecular weight is 568 g/mol. The van der Waals surface area contributed by atoms with Crippen LogP contribution in [0.2, 0.25) is 0 Å². The molecule has 0 aliphatic carbocycles. The molecule has 0 radical (unpaired) electrons. The third-order valence-electron chi connectivity index (χ3n) is 6.66. The van der Waals surface area contributed by atoms with Crippen LogP contribution in [-0.2, 0) is 35.1 Å². The number of Topliss-reactive ketones (excluding diaryl/α,β-unsaturated/α-hetero) is 1. The first kappa shape index (κ1) is 29.9. The van der Waals surface area contributed by atoms with Crippen molar-refractivity contribution in [3.63, 3.8) is 0 Å². The van der Waals surface area contributed by atoms with Crippen molar-refractivity contribution < 1.29 is 28.7 Å². The fraction of sp³-hybridized carbons (Fsp3) is 0.242. The molecule has 9 heteroatoms. The summed E-state index contributed by atoms with van der Waals surface area (Å²) in [6.07, 6.45) is 1.10. The number of hydrogen-bond donors (Lipinski definition) is 1. The third kappa shape index (κ3) is 7.17. The molecule has 3 aromatic rings. The van der Waals surface area contributed by atoms with Crippen LogP contribution in [0.5, 0.6) is 0 Å². The Hall–Kier alpha value is -5.05. The van der Waals surface area contributed by atoms with Crippen molar-refractivity contribution in [3.8, 4) is 0 Å². The highest BCUT2D eigenvalue weighted by molar-refractivity contribution is 6.36. The number of nitrogens with one attached hydrogen (secondary N) is 1. The molecule has 42 heavy (non-hydrogen) atoms. The Kier molecular flexibility index (Phi) is 9.65. The van der Waals surface area contributed by atoms with Crippen molar-refractivity contribution in [3.05, 3.63) is 114 Å². The number of amides is 3. The Morgan fingerprint density at radius 1 is 0.857 bits per heavy atom. The van der Waals surface area contributed by atoms with E-state index in [1.807, 2.05) is 12.1 Å². The number of nitrogens with zero attached hydrogens (tertiary/aromatic N) is 2. The summed E-state index contributed by atoms with van der Waals surface area (Å²) in [5.41, 5.74) is 2.28. The van der Waals surface area contributed by atoms with Gasteiger partial charge < -0.3 is 15.0 Å². The molecular weight excluding hydrogens is 534 g/mol. The summed E-state index contributed by atoms with van der Waals surface area (Å²) in [5.74, 6) is -3.43. The highest BCUT2D eigenvalue weighted by Crippen LogP contribution is 2.34. The number of benzene rings is 3. The number of ketones is 1. The second kappa shape index (κ2) is 13.5. The van der Waals surface area contributed by atoms with E-state index < -0.39 is 48.3 Å². The van der Waals surface area contributed by atoms with E-state index in [4.69, 9.17) is 4.74 Å². The van der Waals surface area contributed by atoms with Crippen LogP contribution in [0.4, 0.5) is 0 Å². The summed E-state index contributed by atoms with van der Waals surface area (Å²) < 4.78 is 5.10. The topological polar surface area (TPSA) is 113 Å². The minimum atomic E-state index is -1.21. The molecule has 4 rings (SSSR count). The van der Waals surface area contributed by atoms with Crippen molar-refractivity contribution in [2.24, 2.45) is 0 Å². The first-order valence-electron chi connectivity index (χ1n) is 13.7. The molecule has 9 nitrogen and oxygen atoms in total. The minimum Gasteiger partial charge on any atom is -0.457 e. The second-order valence-electron chi connectivity index (χ2n) is 10.2. The van der Waals surface area contributed by atoms with Crippen LogP contribution in [0.1, 0.15) is 43.5 Å². The Bertz CT molecular complexity index is 1470. The first-order chi connectivity index (χ1) is 20.2. The summed E-state index contributed by atoms with van der Waals surface area (Å²) >= 11 is 0. The molecule has 1 N–H and O–H groups in total. The summed E-state index contributed by atoms with van der Waals surface area (Å²) in [5, 5.41) is 2.66. The predicted octanol–water partition coefficient (Wildman–Crippen LogP) is 3.67. The van der Waals surface area contributed by atoms with E-state index in [1.165, 1.54) is 16.7 Å². The SMILES string of the molecule is CC(=O)N1C=C(c2ccccc2)N(CC(=O)N[C@@H](Cc2ccccc2)C(=O)C(=O)OC(C)C)C(=O)C1c1ccccc1. The molecule has 0 fully saturated rings. The average Bonchev–Trinajstić information content (AvgIpc) is 2.98. The van der Waals surface area contributed by atoms with Gasteiger partial charge in [-0.2, -0.15) is 0 Å². The molecule has 1 unspecified atom stereocenters. The van der Waals surface area contributed by atoms with Gasteiger partial charge in [0, 0.05) is 19.5 Å². The van der Waals surface area contributed by atoms with Crippen LogP contribution in [-0.4, -0.2) is 58.0 Å². The summed E-state index contributed by atoms with van der Waals surface area (Å²) in [4.78, 5) is 68.6. The largest absolute Gasteiger partial charge is 0.457 e. The maximum absolute atomic E-state index is 14.1. The molecule has 1 heterocycles. The Labute approximate surface area is 244 Å². The van der Waals surface area contributed by atoms with E-state index in [0.717, 1.165) is 5.56 Å². The van der Waals surface area contributed by atoms with Gasteiger partial charge >= 0.3 is 5.97 Å². The van der Waals surface area contributed by atoms with Crippen LogP contribution in [0.15, 0.2) is 97.2 Å². The zero-order valence-electron chi connectivity index (χ0n) is 23.7. The predicted molar refractivity (Wildman–Crippen MR) is 156 cm³/mol. The van der Waals surface area contributed by atoms with E-state index in [2.05, 4.69) is 5.32 Å². The molecule has 216 valence electrons. The number of hydrogen-bond acceptors (Lipinski definition) is 6. The van der Waals surface area contributed by atoms with Gasteiger partial charge in [-0.15, -0.1) is 0 Å². The molecule has 1 aliphatic heterocycles. The van der Waals surface area contributed by atoms with Gasteiger partial charge in [0.2, 0.25) is 11.8 Å². The fourth-order valence-corrected chi connectivity index (χ4v) is 4.73. The monoisotopic (exact) mass is 567 g/mol. The smallest absolute Gasteiger partial charge is 0.377 e. The van der Waals surface area contributed by atoms with Gasteiger partial charge in [0.25, 0.3) is 11.7 Å². The molecule has 3 aromatic carbocycles. The van der Waals surface area contributed by atoms with Crippen LogP contribution >= 0.6 is 0 Å². The molecule has 1 aliphatic rings. The van der Waals surface area contributed by atoms with Crippen LogP contribution < -0.4 is 5.32 Å². The Balaban J connectivity index is 1.67. The lowest BCUT2D eigenvalue weighted by molar-refractivity contribution is -0.157. The number of ether oxygens (including phenoxy) is 1. The van der Waals surface area contributed by atoms with Crippen LogP contribution in [0.25, 0.3) is 5.70 Å².